The van der Waals surface area contributed by atoms with Crippen LogP contribution in [-0.2, 0) is 4.79 Å². The minimum Gasteiger partial charge on any atom is -0.343 e. The van der Waals surface area contributed by atoms with Crippen molar-refractivity contribution in [3.05, 3.63) is 12.2 Å². The van der Waals surface area contributed by atoms with E-state index < -0.39 is 0 Å². The summed E-state index contributed by atoms with van der Waals surface area (Å²) in [5.41, 5.74) is 0. The molecule has 1 aliphatic carbocycles. The van der Waals surface area contributed by atoms with E-state index in [0.29, 0.717) is 0 Å². The molecule has 0 N–H and O–H groups in total. The lowest BCUT2D eigenvalue weighted by Gasteiger charge is -2.20. The molecule has 0 saturated heterocycles. The first kappa shape index (κ1) is 15.3. The molecule has 2 unspecified atom stereocenters. The summed E-state index contributed by atoms with van der Waals surface area (Å²) in [6, 6.07) is 0. The van der Waals surface area contributed by atoms with Crippen LogP contribution in [-0.4, -0.2) is 23.9 Å². The van der Waals surface area contributed by atoms with E-state index in [1.165, 1.54) is 25.7 Å². The van der Waals surface area contributed by atoms with E-state index in [-0.39, 0.29) is 5.91 Å². The molecular weight excluding hydrogens is 222 g/mol. The van der Waals surface area contributed by atoms with Crippen molar-refractivity contribution in [3.63, 3.8) is 0 Å². The van der Waals surface area contributed by atoms with E-state index in [0.717, 1.165) is 37.8 Å². The maximum Gasteiger partial charge on any atom is 0.219 e. The molecule has 0 aromatic carbocycles. The van der Waals surface area contributed by atoms with Gasteiger partial charge in [-0.25, -0.2) is 0 Å². The third-order valence-electron chi connectivity index (χ3n) is 3.86. The first-order chi connectivity index (χ1) is 8.69. The number of carbonyl (C=O) groups excluding carboxylic acids is 1. The highest BCUT2D eigenvalue weighted by Crippen LogP contribution is 2.42. The molecule has 1 saturated carbocycles. The number of allylic oxidation sites excluding steroid dienone is 2. The molecule has 1 fully saturated rings. The van der Waals surface area contributed by atoms with Crippen molar-refractivity contribution in [2.45, 2.75) is 59.3 Å². The van der Waals surface area contributed by atoms with E-state index in [1.54, 1.807) is 6.92 Å². The molecule has 2 heteroatoms. The zero-order chi connectivity index (χ0) is 13.4. The fraction of sp³-hybridized carbons (Fsp3) is 0.812. The molecule has 2 atom stereocenters. The average Bonchev–Trinajstić information content (AvgIpc) is 3.08. The second kappa shape index (κ2) is 8.34. The van der Waals surface area contributed by atoms with Gasteiger partial charge in [-0.15, -0.1) is 0 Å². The average molecular weight is 251 g/mol. The lowest BCUT2D eigenvalue weighted by Crippen LogP contribution is -2.32. The summed E-state index contributed by atoms with van der Waals surface area (Å²) in [6.45, 7) is 8.01. The van der Waals surface area contributed by atoms with Crippen LogP contribution in [0, 0.1) is 11.8 Å². The fourth-order valence-electron chi connectivity index (χ4n) is 2.49. The molecule has 0 radical (unpaired) electrons. The van der Waals surface area contributed by atoms with Crippen LogP contribution < -0.4 is 0 Å². The van der Waals surface area contributed by atoms with E-state index in [2.05, 4.69) is 30.9 Å². The summed E-state index contributed by atoms with van der Waals surface area (Å²) >= 11 is 0. The fourth-order valence-corrected chi connectivity index (χ4v) is 2.49. The largest absolute Gasteiger partial charge is 0.343 e. The number of rotatable bonds is 9. The molecule has 0 bridgehead atoms. The van der Waals surface area contributed by atoms with Crippen LogP contribution in [0.15, 0.2) is 12.2 Å². The first-order valence-corrected chi connectivity index (χ1v) is 7.59. The minimum absolute atomic E-state index is 0.250. The molecule has 1 rings (SSSR count). The summed E-state index contributed by atoms with van der Waals surface area (Å²) in [6.07, 6.45) is 11.8. The van der Waals surface area contributed by atoms with E-state index >= 15 is 0 Å². The highest BCUT2D eigenvalue weighted by Gasteiger charge is 2.37. The summed E-state index contributed by atoms with van der Waals surface area (Å²) in [7, 11) is 0. The van der Waals surface area contributed by atoms with Crippen LogP contribution in [0.25, 0.3) is 0 Å². The van der Waals surface area contributed by atoms with E-state index in [4.69, 9.17) is 0 Å². The molecule has 0 spiro atoms. The molecule has 18 heavy (non-hydrogen) atoms. The van der Waals surface area contributed by atoms with Crippen LogP contribution in [0.2, 0.25) is 0 Å². The van der Waals surface area contributed by atoms with Gasteiger partial charge in [-0.05, 0) is 43.9 Å². The van der Waals surface area contributed by atoms with Crippen LogP contribution >= 0.6 is 0 Å². The molecule has 1 aliphatic rings. The Bertz CT molecular complexity index is 272. The second-order valence-corrected chi connectivity index (χ2v) is 5.53. The van der Waals surface area contributed by atoms with Gasteiger partial charge < -0.3 is 4.90 Å². The normalized spacial score (nSPS) is 22.4. The summed E-state index contributed by atoms with van der Waals surface area (Å²) in [4.78, 5) is 13.6. The maximum atomic E-state index is 11.5. The van der Waals surface area contributed by atoms with Gasteiger partial charge in [0.05, 0.1) is 0 Å². The van der Waals surface area contributed by atoms with Gasteiger partial charge in [-0.2, -0.15) is 0 Å². The number of unbranched alkanes of at least 4 members (excludes halogenated alkanes) is 1. The van der Waals surface area contributed by atoms with E-state index in [1.807, 2.05) is 0 Å². The maximum absolute atomic E-state index is 11.5. The quantitative estimate of drug-likeness (QED) is 0.567. The van der Waals surface area contributed by atoms with Gasteiger partial charge in [0.1, 0.15) is 0 Å². The van der Waals surface area contributed by atoms with Crippen molar-refractivity contribution in [3.8, 4) is 0 Å². The highest BCUT2D eigenvalue weighted by molar-refractivity contribution is 5.73. The van der Waals surface area contributed by atoms with Crippen LogP contribution in [0.5, 0.6) is 0 Å². The zero-order valence-electron chi connectivity index (χ0n) is 12.3. The van der Waals surface area contributed by atoms with Gasteiger partial charge in [0.15, 0.2) is 0 Å². The zero-order valence-corrected chi connectivity index (χ0v) is 12.3. The lowest BCUT2D eigenvalue weighted by atomic mass is 10.1. The summed E-state index contributed by atoms with van der Waals surface area (Å²) < 4.78 is 0. The molecule has 104 valence electrons. The number of nitrogens with zero attached hydrogens (tertiary/aromatic N) is 1. The Hall–Kier alpha value is -0.790. The minimum atomic E-state index is 0.250. The molecule has 0 heterocycles. The summed E-state index contributed by atoms with van der Waals surface area (Å²) in [5, 5.41) is 0. The Morgan fingerprint density at radius 3 is 2.67 bits per heavy atom. The smallest absolute Gasteiger partial charge is 0.219 e. The monoisotopic (exact) mass is 251 g/mol. The van der Waals surface area contributed by atoms with Crippen molar-refractivity contribution < 1.29 is 4.79 Å². The van der Waals surface area contributed by atoms with Crippen LogP contribution in [0.3, 0.4) is 0 Å². The number of hydrogen-bond donors (Lipinski definition) is 0. The Labute approximate surface area is 112 Å². The number of hydrogen-bond acceptors (Lipinski definition) is 1. The van der Waals surface area contributed by atoms with E-state index in [9.17, 15) is 4.79 Å². The Kier molecular flexibility index (Phi) is 7.07. The Morgan fingerprint density at radius 1 is 1.28 bits per heavy atom. The molecule has 0 aromatic rings. The Morgan fingerprint density at radius 2 is 2.06 bits per heavy atom. The lowest BCUT2D eigenvalue weighted by molar-refractivity contribution is -0.129. The third-order valence-corrected chi connectivity index (χ3v) is 3.86. The molecule has 2 nitrogen and oxygen atoms in total. The van der Waals surface area contributed by atoms with Crippen molar-refractivity contribution >= 4 is 5.91 Å². The standard InChI is InChI=1S/C16H29NO/c1-4-6-8-9-10-15-12-16(15)13-17(14(3)18)11-7-5-2/h6,8,15-16H,4-5,7,9-13H2,1-3H3. The Balaban J connectivity index is 2.18. The third kappa shape index (κ3) is 5.70. The summed E-state index contributed by atoms with van der Waals surface area (Å²) in [5.74, 6) is 1.90. The second-order valence-electron chi connectivity index (χ2n) is 5.53. The molecule has 0 aromatic heterocycles. The van der Waals surface area contributed by atoms with Gasteiger partial charge >= 0.3 is 0 Å². The molecule has 1 amide bonds. The predicted octanol–water partition coefficient (Wildman–Crippen LogP) is 4.02. The van der Waals surface area contributed by atoms with Crippen molar-refractivity contribution in [1.82, 2.24) is 4.90 Å². The van der Waals surface area contributed by atoms with Crippen LogP contribution in [0.1, 0.15) is 59.3 Å². The van der Waals surface area contributed by atoms with Gasteiger partial charge in [-0.1, -0.05) is 32.4 Å². The van der Waals surface area contributed by atoms with Gasteiger partial charge in [0, 0.05) is 20.0 Å². The number of carbonyl (C=O) groups is 1. The topological polar surface area (TPSA) is 20.3 Å². The highest BCUT2D eigenvalue weighted by atomic mass is 16.2. The van der Waals surface area contributed by atoms with Gasteiger partial charge in [0.25, 0.3) is 0 Å². The SMILES string of the molecule is CCC=CCCC1CC1CN(CCCC)C(C)=O. The number of amides is 1. The van der Waals surface area contributed by atoms with Crippen LogP contribution in [0.4, 0.5) is 0 Å². The molecule has 0 aliphatic heterocycles. The van der Waals surface area contributed by atoms with Gasteiger partial charge in [-0.3, -0.25) is 4.79 Å². The van der Waals surface area contributed by atoms with Crippen molar-refractivity contribution in [2.75, 3.05) is 13.1 Å². The van der Waals surface area contributed by atoms with Crippen molar-refractivity contribution in [2.24, 2.45) is 11.8 Å². The first-order valence-electron chi connectivity index (χ1n) is 7.59. The molecular formula is C16H29NO. The van der Waals surface area contributed by atoms with Crippen molar-refractivity contribution in [1.29, 1.82) is 0 Å². The predicted molar refractivity (Wildman–Crippen MR) is 77.4 cm³/mol. The van der Waals surface area contributed by atoms with Gasteiger partial charge in [0.2, 0.25) is 5.91 Å².